The zero-order valence-corrected chi connectivity index (χ0v) is 21.9. The number of allylic oxidation sites excluding steroid dienone is 1. The molecule has 1 atom stereocenters. The Morgan fingerprint density at radius 3 is 2.63 bits per heavy atom. The van der Waals surface area contributed by atoms with Crippen LogP contribution in [0, 0.1) is 5.82 Å². The molecular formula is C28H28FN3O5S. The van der Waals surface area contributed by atoms with Gasteiger partial charge >= 0.3 is 5.97 Å². The summed E-state index contributed by atoms with van der Waals surface area (Å²) < 4.78 is 38.1. The molecule has 0 bridgehead atoms. The molecule has 1 unspecified atom stereocenters. The standard InChI is InChI=1S/C28H28FN3O5S/c1-15(21-13-18(31-26(21)33)8-9-28(30)10-11-28)19-4-3-5-20-23(25(27(34)35)32-24(19)20)16-6-7-17(22(29)12-16)14-38(2,36)37/h3-7,12-13,15,32H,8-11,14,30H2,1-2H3,(H,34,35). The fourth-order valence-electron chi connectivity index (χ4n) is 5.03. The van der Waals surface area contributed by atoms with E-state index in [1.54, 1.807) is 18.2 Å². The third-order valence-corrected chi connectivity index (χ3v) is 8.19. The number of fused-ring (bicyclic) bond motifs is 1. The van der Waals surface area contributed by atoms with Gasteiger partial charge in [-0.3, -0.25) is 4.79 Å². The van der Waals surface area contributed by atoms with Crippen molar-refractivity contribution in [3.8, 4) is 11.1 Å². The first-order valence-corrected chi connectivity index (χ1v) is 14.4. The van der Waals surface area contributed by atoms with Crippen LogP contribution in [-0.2, 0) is 20.4 Å². The molecule has 0 spiro atoms. The van der Waals surface area contributed by atoms with Crippen LogP contribution in [0.1, 0.15) is 60.1 Å². The van der Waals surface area contributed by atoms with Crippen LogP contribution in [0.15, 0.2) is 53.0 Å². The van der Waals surface area contributed by atoms with E-state index in [1.165, 1.54) is 12.1 Å². The van der Waals surface area contributed by atoms with E-state index in [2.05, 4.69) is 9.98 Å². The van der Waals surface area contributed by atoms with E-state index in [9.17, 15) is 27.5 Å². The number of hydrogen-bond acceptors (Lipinski definition) is 5. The molecule has 198 valence electrons. The van der Waals surface area contributed by atoms with Gasteiger partial charge in [-0.2, -0.15) is 0 Å². The Morgan fingerprint density at radius 2 is 2.00 bits per heavy atom. The normalized spacial score (nSPS) is 17.4. The van der Waals surface area contributed by atoms with Crippen molar-refractivity contribution in [3.05, 3.63) is 70.7 Å². The van der Waals surface area contributed by atoms with E-state index >= 15 is 0 Å². The van der Waals surface area contributed by atoms with Crippen molar-refractivity contribution in [2.24, 2.45) is 10.7 Å². The average molecular weight is 538 g/mol. The van der Waals surface area contributed by atoms with Gasteiger partial charge in [0.15, 0.2) is 9.84 Å². The lowest BCUT2D eigenvalue weighted by Crippen LogP contribution is -2.22. The second-order valence-electron chi connectivity index (χ2n) is 10.4. The molecule has 1 aliphatic carbocycles. The van der Waals surface area contributed by atoms with Crippen LogP contribution < -0.4 is 5.73 Å². The van der Waals surface area contributed by atoms with Crippen LogP contribution in [-0.4, -0.2) is 47.9 Å². The summed E-state index contributed by atoms with van der Waals surface area (Å²) >= 11 is 0. The van der Waals surface area contributed by atoms with E-state index in [-0.39, 0.29) is 34.2 Å². The molecule has 1 saturated carbocycles. The quantitative estimate of drug-likeness (QED) is 0.367. The molecular weight excluding hydrogens is 509 g/mol. The highest BCUT2D eigenvalue weighted by Crippen LogP contribution is 2.40. The van der Waals surface area contributed by atoms with Gasteiger partial charge < -0.3 is 15.8 Å². The number of sulfone groups is 1. The number of hydrogen-bond donors (Lipinski definition) is 3. The van der Waals surface area contributed by atoms with E-state index in [4.69, 9.17) is 5.73 Å². The number of aliphatic imine (C=N–C) groups is 1. The molecule has 1 aliphatic heterocycles. The van der Waals surface area contributed by atoms with Crippen LogP contribution in [0.5, 0.6) is 0 Å². The molecule has 2 aromatic carbocycles. The lowest BCUT2D eigenvalue weighted by molar-refractivity contribution is -0.114. The fourth-order valence-corrected chi connectivity index (χ4v) is 5.82. The van der Waals surface area contributed by atoms with Crippen LogP contribution in [0.25, 0.3) is 22.0 Å². The second kappa shape index (κ2) is 9.28. The number of rotatable bonds is 9. The molecule has 38 heavy (non-hydrogen) atoms. The Hall–Kier alpha value is -3.63. The summed E-state index contributed by atoms with van der Waals surface area (Å²) in [4.78, 5) is 32.2. The minimum absolute atomic E-state index is 0.00649. The minimum atomic E-state index is -3.45. The highest BCUT2D eigenvalue weighted by molar-refractivity contribution is 7.89. The van der Waals surface area contributed by atoms with Crippen molar-refractivity contribution < 1.29 is 27.5 Å². The number of halogens is 1. The van der Waals surface area contributed by atoms with E-state index < -0.39 is 27.4 Å². The van der Waals surface area contributed by atoms with Gasteiger partial charge in [0.2, 0.25) is 0 Å². The Labute approximate surface area is 219 Å². The number of para-hydroxylation sites is 1. The summed E-state index contributed by atoms with van der Waals surface area (Å²) in [5.74, 6) is -3.13. The van der Waals surface area contributed by atoms with Gasteiger partial charge in [0.1, 0.15) is 11.5 Å². The Kier molecular flexibility index (Phi) is 6.35. The number of aromatic carboxylic acids is 1. The summed E-state index contributed by atoms with van der Waals surface area (Å²) in [6, 6.07) is 9.34. The Bertz CT molecular complexity index is 1660. The highest BCUT2D eigenvalue weighted by atomic mass is 32.2. The maximum Gasteiger partial charge on any atom is 0.352 e. The number of benzene rings is 2. The topological polar surface area (TPSA) is 143 Å². The summed E-state index contributed by atoms with van der Waals surface area (Å²) in [6.07, 6.45) is 6.18. The monoisotopic (exact) mass is 537 g/mol. The fraction of sp³-hybridized carbons (Fsp3) is 0.321. The maximum absolute atomic E-state index is 14.8. The SMILES string of the molecule is CC(C1=CC(CCC2(N)CC2)=NC1=O)c1cccc2c(-c3ccc(CS(C)(=O)=O)c(F)c3)c(C(=O)O)[nH]c12. The molecule has 3 aromatic rings. The van der Waals surface area contributed by atoms with Gasteiger partial charge in [-0.25, -0.2) is 22.6 Å². The lowest BCUT2D eigenvalue weighted by Gasteiger charge is -2.13. The van der Waals surface area contributed by atoms with E-state index in [1.807, 2.05) is 13.0 Å². The lowest BCUT2D eigenvalue weighted by atomic mass is 9.90. The number of aromatic amines is 1. The molecule has 1 fully saturated rings. The average Bonchev–Trinajstić information content (AvgIpc) is 3.27. The second-order valence-corrected chi connectivity index (χ2v) is 12.6. The van der Waals surface area contributed by atoms with E-state index in [0.717, 1.165) is 31.6 Å². The van der Waals surface area contributed by atoms with Crippen molar-refractivity contribution in [1.82, 2.24) is 4.98 Å². The molecule has 1 aromatic heterocycles. The number of carbonyl (C=O) groups is 2. The molecule has 5 rings (SSSR count). The molecule has 8 nitrogen and oxygen atoms in total. The van der Waals surface area contributed by atoms with Crippen molar-refractivity contribution in [3.63, 3.8) is 0 Å². The number of aromatic nitrogens is 1. The maximum atomic E-state index is 14.8. The predicted molar refractivity (Wildman–Crippen MR) is 144 cm³/mol. The minimum Gasteiger partial charge on any atom is -0.477 e. The van der Waals surface area contributed by atoms with Crippen LogP contribution in [0.4, 0.5) is 4.39 Å². The highest BCUT2D eigenvalue weighted by Gasteiger charge is 2.38. The van der Waals surface area contributed by atoms with Crippen molar-refractivity contribution >= 4 is 38.3 Å². The van der Waals surface area contributed by atoms with Crippen LogP contribution >= 0.6 is 0 Å². The van der Waals surface area contributed by atoms with Gasteiger partial charge in [0.05, 0.1) is 11.3 Å². The zero-order valence-electron chi connectivity index (χ0n) is 21.0. The molecule has 10 heteroatoms. The van der Waals surface area contributed by atoms with Gasteiger partial charge in [-0.15, -0.1) is 0 Å². The number of carboxylic acid groups (broad SMARTS) is 1. The van der Waals surface area contributed by atoms with Gasteiger partial charge in [-0.1, -0.05) is 37.3 Å². The van der Waals surface area contributed by atoms with Crippen molar-refractivity contribution in [1.29, 1.82) is 0 Å². The predicted octanol–water partition coefficient (Wildman–Crippen LogP) is 4.50. The molecule has 0 saturated heterocycles. The zero-order chi connectivity index (χ0) is 27.4. The molecule has 4 N–H and O–H groups in total. The Balaban J connectivity index is 1.53. The van der Waals surface area contributed by atoms with Gasteiger partial charge in [0, 0.05) is 45.5 Å². The summed E-state index contributed by atoms with van der Waals surface area (Å²) in [5, 5.41) is 10.5. The molecule has 1 amide bonds. The largest absolute Gasteiger partial charge is 0.477 e. The summed E-state index contributed by atoms with van der Waals surface area (Å²) in [6.45, 7) is 1.86. The molecule has 2 heterocycles. The first-order valence-electron chi connectivity index (χ1n) is 12.3. The molecule has 0 radical (unpaired) electrons. The number of nitrogens with zero attached hydrogens (tertiary/aromatic N) is 1. The number of carboxylic acids is 1. The third-order valence-electron chi connectivity index (χ3n) is 7.36. The number of carbonyl (C=O) groups excluding carboxylic acids is 1. The number of nitrogens with one attached hydrogen (secondary N) is 1. The molecule has 2 aliphatic rings. The van der Waals surface area contributed by atoms with Crippen molar-refractivity contribution in [2.75, 3.05) is 6.26 Å². The summed E-state index contributed by atoms with van der Waals surface area (Å²) in [5.41, 5.74) is 8.93. The van der Waals surface area contributed by atoms with Crippen molar-refractivity contribution in [2.45, 2.75) is 49.8 Å². The Morgan fingerprint density at radius 1 is 1.26 bits per heavy atom. The van der Waals surface area contributed by atoms with E-state index in [0.29, 0.717) is 39.7 Å². The smallest absolute Gasteiger partial charge is 0.352 e. The first kappa shape index (κ1) is 26.0. The number of H-pyrrole nitrogens is 1. The van der Waals surface area contributed by atoms with Crippen LogP contribution in [0.3, 0.4) is 0 Å². The third kappa shape index (κ3) is 5.06. The van der Waals surface area contributed by atoms with Gasteiger partial charge in [0.25, 0.3) is 5.91 Å². The number of amides is 1. The number of nitrogens with two attached hydrogens (primary N) is 1. The first-order chi connectivity index (χ1) is 17.8. The van der Waals surface area contributed by atoms with Gasteiger partial charge in [-0.05, 0) is 49.0 Å². The van der Waals surface area contributed by atoms with Crippen LogP contribution in [0.2, 0.25) is 0 Å². The summed E-state index contributed by atoms with van der Waals surface area (Å²) in [7, 11) is -3.45.